The second-order valence-electron chi connectivity index (χ2n) is 6.22. The first-order valence-corrected chi connectivity index (χ1v) is 11.0. The second kappa shape index (κ2) is 11.4. The van der Waals surface area contributed by atoms with Gasteiger partial charge in [0.1, 0.15) is 6.61 Å². The molecule has 0 radical (unpaired) electrons. The number of rotatable bonds is 8. The highest BCUT2D eigenvalue weighted by molar-refractivity contribution is 9.10. The number of methoxy groups -OCH3 is 1. The van der Waals surface area contributed by atoms with Crippen LogP contribution in [0.4, 0.5) is 0 Å². The molecule has 0 atom stereocenters. The fourth-order valence-corrected chi connectivity index (χ4v) is 3.63. The molecular weight excluding hydrogens is 462 g/mol. The third kappa shape index (κ3) is 6.37. The van der Waals surface area contributed by atoms with Crippen LogP contribution in [-0.4, -0.2) is 18.5 Å². The fraction of sp³-hybridized carbons (Fsp3) is 0.130. The molecule has 0 spiro atoms. The molecule has 7 heteroatoms. The molecule has 3 rings (SSSR count). The Labute approximate surface area is 189 Å². The topological polar surface area (TPSA) is 69.2 Å². The molecule has 5 nitrogen and oxygen atoms in total. The Morgan fingerprint density at radius 3 is 2.57 bits per heavy atom. The summed E-state index contributed by atoms with van der Waals surface area (Å²) in [5.41, 5.74) is 8.94. The molecule has 3 aromatic rings. The number of benzene rings is 3. The fourth-order valence-electron chi connectivity index (χ4n) is 2.62. The molecule has 0 aliphatic rings. The van der Waals surface area contributed by atoms with E-state index in [4.69, 9.17) is 15.2 Å². The van der Waals surface area contributed by atoms with Gasteiger partial charge in [-0.25, -0.2) is 0 Å². The molecule has 0 bridgehead atoms. The number of para-hydroxylation sites is 1. The van der Waals surface area contributed by atoms with Gasteiger partial charge in [-0.2, -0.15) is 5.10 Å². The maximum absolute atomic E-state index is 6.06. The SMILES string of the molecule is COc1cccc(C=NN=C(N)SCc2ccccc2)c1OCc1ccccc1Br. The summed E-state index contributed by atoms with van der Waals surface area (Å²) in [7, 11) is 1.61. The third-order valence-electron chi connectivity index (χ3n) is 4.14. The highest BCUT2D eigenvalue weighted by Crippen LogP contribution is 2.31. The van der Waals surface area contributed by atoms with Crippen LogP contribution in [0.5, 0.6) is 11.5 Å². The summed E-state index contributed by atoms with van der Waals surface area (Å²) in [5, 5.41) is 8.62. The van der Waals surface area contributed by atoms with Crippen LogP contribution in [0.25, 0.3) is 0 Å². The molecule has 154 valence electrons. The van der Waals surface area contributed by atoms with E-state index in [-0.39, 0.29) is 0 Å². The van der Waals surface area contributed by atoms with E-state index in [0.717, 1.165) is 21.4 Å². The quantitative estimate of drug-likeness (QED) is 0.256. The molecule has 0 unspecified atom stereocenters. The molecule has 0 saturated carbocycles. The highest BCUT2D eigenvalue weighted by atomic mass is 79.9. The smallest absolute Gasteiger partial charge is 0.180 e. The predicted octanol–water partition coefficient (Wildman–Crippen LogP) is 5.62. The lowest BCUT2D eigenvalue weighted by atomic mass is 10.2. The summed E-state index contributed by atoms with van der Waals surface area (Å²) in [5.74, 6) is 1.97. The zero-order valence-electron chi connectivity index (χ0n) is 16.5. The zero-order valence-corrected chi connectivity index (χ0v) is 18.9. The molecule has 0 fully saturated rings. The molecule has 0 aliphatic heterocycles. The predicted molar refractivity (Wildman–Crippen MR) is 128 cm³/mol. The summed E-state index contributed by atoms with van der Waals surface area (Å²) >= 11 is 4.98. The maximum atomic E-state index is 6.06. The van der Waals surface area contributed by atoms with Crippen LogP contribution in [0.1, 0.15) is 16.7 Å². The van der Waals surface area contributed by atoms with Crippen molar-refractivity contribution >= 4 is 39.1 Å². The Balaban J connectivity index is 1.69. The van der Waals surface area contributed by atoms with E-state index < -0.39 is 0 Å². The average Bonchev–Trinajstić information content (AvgIpc) is 2.78. The van der Waals surface area contributed by atoms with E-state index in [9.17, 15) is 0 Å². The van der Waals surface area contributed by atoms with E-state index >= 15 is 0 Å². The number of hydrogen-bond donors (Lipinski definition) is 1. The van der Waals surface area contributed by atoms with E-state index in [1.54, 1.807) is 13.3 Å². The van der Waals surface area contributed by atoms with E-state index in [1.165, 1.54) is 17.3 Å². The number of nitrogens with zero attached hydrogens (tertiary/aromatic N) is 2. The van der Waals surface area contributed by atoms with Crippen molar-refractivity contribution in [1.29, 1.82) is 0 Å². The Morgan fingerprint density at radius 2 is 1.80 bits per heavy atom. The zero-order chi connectivity index (χ0) is 21.2. The van der Waals surface area contributed by atoms with Gasteiger partial charge in [0, 0.05) is 21.4 Å². The van der Waals surface area contributed by atoms with Gasteiger partial charge in [0.25, 0.3) is 0 Å². The van der Waals surface area contributed by atoms with Crippen molar-refractivity contribution in [3.63, 3.8) is 0 Å². The number of amidine groups is 1. The first-order chi connectivity index (χ1) is 14.7. The maximum Gasteiger partial charge on any atom is 0.180 e. The van der Waals surface area contributed by atoms with Gasteiger partial charge in [-0.1, -0.05) is 82.3 Å². The largest absolute Gasteiger partial charge is 0.493 e. The van der Waals surface area contributed by atoms with Gasteiger partial charge < -0.3 is 15.2 Å². The van der Waals surface area contributed by atoms with Gasteiger partial charge >= 0.3 is 0 Å². The molecule has 0 aromatic heterocycles. The molecule has 0 heterocycles. The average molecular weight is 484 g/mol. The summed E-state index contributed by atoms with van der Waals surface area (Å²) in [4.78, 5) is 0. The van der Waals surface area contributed by atoms with Crippen molar-refractivity contribution in [3.05, 3.63) is 94.0 Å². The van der Waals surface area contributed by atoms with Crippen molar-refractivity contribution < 1.29 is 9.47 Å². The standard InChI is InChI=1S/C23H22BrN3O2S/c1-28-21-13-7-11-18(22(21)29-15-19-10-5-6-12-20(19)24)14-26-27-23(25)30-16-17-8-3-2-4-9-17/h2-14H,15-16H2,1H3,(H2,25,27). The Hall–Kier alpha value is -2.77. The molecule has 2 N–H and O–H groups in total. The molecule has 3 aromatic carbocycles. The van der Waals surface area contributed by atoms with Crippen LogP contribution in [0.3, 0.4) is 0 Å². The van der Waals surface area contributed by atoms with Gasteiger partial charge in [-0.15, -0.1) is 5.10 Å². The number of ether oxygens (including phenoxy) is 2. The summed E-state index contributed by atoms with van der Waals surface area (Å²) in [6.07, 6.45) is 1.62. The van der Waals surface area contributed by atoms with Crippen molar-refractivity contribution in [1.82, 2.24) is 0 Å². The monoisotopic (exact) mass is 483 g/mol. The summed E-state index contributed by atoms with van der Waals surface area (Å²) in [6.45, 7) is 0.390. The van der Waals surface area contributed by atoms with E-state index in [2.05, 4.69) is 38.3 Å². The van der Waals surface area contributed by atoms with Gasteiger partial charge in [-0.05, 0) is 23.8 Å². The van der Waals surface area contributed by atoms with Crippen LogP contribution >= 0.6 is 27.7 Å². The van der Waals surface area contributed by atoms with Crippen LogP contribution in [0, 0.1) is 0 Å². The minimum absolute atomic E-state index is 0.390. The number of thioether (sulfide) groups is 1. The van der Waals surface area contributed by atoms with Crippen LogP contribution in [0.15, 0.2) is 87.5 Å². The van der Waals surface area contributed by atoms with Gasteiger partial charge in [0.15, 0.2) is 16.7 Å². The highest BCUT2D eigenvalue weighted by Gasteiger charge is 2.10. The lowest BCUT2D eigenvalue weighted by Crippen LogP contribution is -2.06. The van der Waals surface area contributed by atoms with Crippen LogP contribution in [-0.2, 0) is 12.4 Å². The van der Waals surface area contributed by atoms with Gasteiger partial charge in [0.2, 0.25) is 0 Å². The molecular formula is C23H22BrN3O2S. The number of nitrogens with two attached hydrogens (primary N) is 1. The second-order valence-corrected chi connectivity index (χ2v) is 8.07. The molecule has 0 amide bonds. The lowest BCUT2D eigenvalue weighted by Gasteiger charge is -2.13. The van der Waals surface area contributed by atoms with Crippen molar-refractivity contribution in [2.24, 2.45) is 15.9 Å². The third-order valence-corrected chi connectivity index (χ3v) is 5.77. The minimum Gasteiger partial charge on any atom is -0.493 e. The number of hydrogen-bond acceptors (Lipinski definition) is 5. The minimum atomic E-state index is 0.390. The molecule has 0 saturated heterocycles. The van der Waals surface area contributed by atoms with E-state index in [1.807, 2.05) is 60.7 Å². The van der Waals surface area contributed by atoms with Gasteiger partial charge in [0.05, 0.1) is 13.3 Å². The molecule has 0 aliphatic carbocycles. The van der Waals surface area contributed by atoms with Crippen LogP contribution < -0.4 is 15.2 Å². The first kappa shape index (κ1) is 21.9. The normalized spacial score (nSPS) is 11.6. The number of halogens is 1. The van der Waals surface area contributed by atoms with Crippen molar-refractivity contribution in [2.45, 2.75) is 12.4 Å². The molecule has 30 heavy (non-hydrogen) atoms. The first-order valence-electron chi connectivity index (χ1n) is 9.24. The Bertz CT molecular complexity index is 1030. The van der Waals surface area contributed by atoms with E-state index in [0.29, 0.717) is 23.3 Å². The van der Waals surface area contributed by atoms with Crippen LogP contribution in [0.2, 0.25) is 0 Å². The van der Waals surface area contributed by atoms with Crippen molar-refractivity contribution in [3.8, 4) is 11.5 Å². The van der Waals surface area contributed by atoms with Crippen molar-refractivity contribution in [2.75, 3.05) is 7.11 Å². The summed E-state index contributed by atoms with van der Waals surface area (Å²) < 4.78 is 12.5. The van der Waals surface area contributed by atoms with Gasteiger partial charge in [-0.3, -0.25) is 0 Å². The summed E-state index contributed by atoms with van der Waals surface area (Å²) in [6, 6.07) is 23.6. The Morgan fingerprint density at radius 1 is 1.03 bits per heavy atom. The Kier molecular flexibility index (Phi) is 8.35. The lowest BCUT2D eigenvalue weighted by molar-refractivity contribution is 0.283.